The third kappa shape index (κ3) is 3.95. The number of nitrogens with two attached hydrogens (primary N) is 2. The summed E-state index contributed by atoms with van der Waals surface area (Å²) in [5.41, 5.74) is 15.5. The number of anilines is 2. The first-order valence-corrected chi connectivity index (χ1v) is 12.5. The molecule has 7 nitrogen and oxygen atoms in total. The molecule has 0 bridgehead atoms. The van der Waals surface area contributed by atoms with Crippen molar-refractivity contribution >= 4 is 11.8 Å². The highest BCUT2D eigenvalue weighted by Crippen LogP contribution is 2.42. The van der Waals surface area contributed by atoms with Crippen LogP contribution in [-0.2, 0) is 11.8 Å². The van der Waals surface area contributed by atoms with E-state index in [-0.39, 0.29) is 23.1 Å². The van der Waals surface area contributed by atoms with E-state index in [0.29, 0.717) is 29.9 Å². The minimum absolute atomic E-state index is 0.0281. The van der Waals surface area contributed by atoms with Gasteiger partial charge in [-0.05, 0) is 49.7 Å². The van der Waals surface area contributed by atoms with Crippen LogP contribution in [0.15, 0.2) is 29.1 Å². The minimum atomic E-state index is -0.0993. The lowest BCUT2D eigenvalue weighted by Gasteiger charge is -2.41. The van der Waals surface area contributed by atoms with E-state index < -0.39 is 0 Å². The van der Waals surface area contributed by atoms with Crippen LogP contribution in [-0.4, -0.2) is 41.4 Å². The first-order valence-electron chi connectivity index (χ1n) is 12.5. The van der Waals surface area contributed by atoms with Gasteiger partial charge in [-0.25, -0.2) is 0 Å². The number of aromatic nitrogens is 2. The molecule has 1 aromatic heterocycles. The monoisotopic (exact) mass is 451 g/mol. The molecule has 1 saturated carbocycles. The van der Waals surface area contributed by atoms with Crippen molar-refractivity contribution in [2.45, 2.75) is 69.9 Å². The fourth-order valence-electron chi connectivity index (χ4n) is 6.14. The molecule has 3 heterocycles. The van der Waals surface area contributed by atoms with Crippen molar-refractivity contribution in [2.75, 3.05) is 30.3 Å². The third-order valence-electron chi connectivity index (χ3n) is 8.46. The van der Waals surface area contributed by atoms with Crippen molar-refractivity contribution < 1.29 is 4.74 Å². The van der Waals surface area contributed by atoms with Crippen LogP contribution in [0, 0.1) is 5.41 Å². The average molecular weight is 452 g/mol. The van der Waals surface area contributed by atoms with Crippen molar-refractivity contribution in [2.24, 2.45) is 18.2 Å². The Hall–Kier alpha value is -2.38. The molecule has 2 atom stereocenters. The van der Waals surface area contributed by atoms with E-state index in [9.17, 15) is 4.79 Å². The molecule has 2 aliphatic heterocycles. The van der Waals surface area contributed by atoms with Gasteiger partial charge in [0, 0.05) is 31.6 Å². The van der Waals surface area contributed by atoms with Gasteiger partial charge in [0.1, 0.15) is 5.82 Å². The van der Waals surface area contributed by atoms with Gasteiger partial charge >= 0.3 is 0 Å². The number of nitrogen functional groups attached to an aromatic ring is 1. The van der Waals surface area contributed by atoms with E-state index in [2.05, 4.69) is 24.0 Å². The lowest BCUT2D eigenvalue weighted by atomic mass is 9.73. The van der Waals surface area contributed by atoms with E-state index in [1.807, 2.05) is 12.1 Å². The van der Waals surface area contributed by atoms with E-state index >= 15 is 0 Å². The maximum Gasteiger partial charge on any atom is 0.264 e. The van der Waals surface area contributed by atoms with E-state index in [1.54, 1.807) is 11.6 Å². The first kappa shape index (κ1) is 22.4. The highest BCUT2D eigenvalue weighted by molar-refractivity contribution is 5.74. The molecule has 178 valence electrons. The van der Waals surface area contributed by atoms with E-state index in [1.165, 1.54) is 37.7 Å². The predicted octanol–water partition coefficient (Wildman–Crippen LogP) is 3.41. The Morgan fingerprint density at radius 1 is 1.09 bits per heavy atom. The molecule has 7 heteroatoms. The summed E-state index contributed by atoms with van der Waals surface area (Å²) < 4.78 is 7.48. The Bertz CT molecular complexity index is 1050. The number of benzene rings is 1. The Balaban J connectivity index is 1.37. The Kier molecular flexibility index (Phi) is 5.95. The van der Waals surface area contributed by atoms with Crippen molar-refractivity contribution in [3.8, 4) is 11.1 Å². The van der Waals surface area contributed by atoms with Crippen LogP contribution in [0.3, 0.4) is 0 Å². The molecule has 2 aromatic rings. The Morgan fingerprint density at radius 3 is 2.36 bits per heavy atom. The molecular weight excluding hydrogens is 414 g/mol. The summed E-state index contributed by atoms with van der Waals surface area (Å²) >= 11 is 0. The molecule has 2 saturated heterocycles. The molecular formula is C26H37N5O2. The predicted molar refractivity (Wildman–Crippen MR) is 132 cm³/mol. The number of nitrogens with zero attached hydrogens (tertiary/aromatic N) is 3. The lowest BCUT2D eigenvalue weighted by Crippen LogP contribution is -2.51. The molecule has 3 aliphatic rings. The van der Waals surface area contributed by atoms with Gasteiger partial charge in [-0.1, -0.05) is 43.5 Å². The summed E-state index contributed by atoms with van der Waals surface area (Å²) in [6.07, 6.45) is 8.42. The van der Waals surface area contributed by atoms with Crippen LogP contribution < -0.4 is 21.9 Å². The molecule has 0 amide bonds. The maximum atomic E-state index is 13.4. The fraction of sp³-hybridized carbons (Fsp3) is 0.615. The highest BCUT2D eigenvalue weighted by Gasteiger charge is 2.47. The van der Waals surface area contributed by atoms with Crippen LogP contribution in [0.5, 0.6) is 0 Å². The number of hydrogen-bond acceptors (Lipinski definition) is 6. The summed E-state index contributed by atoms with van der Waals surface area (Å²) in [5.74, 6) is 1.57. The number of ether oxygens (including phenoxy) is 1. The molecule has 5 rings (SSSR count). The molecule has 3 fully saturated rings. The van der Waals surface area contributed by atoms with Crippen molar-refractivity contribution in [3.05, 3.63) is 40.2 Å². The van der Waals surface area contributed by atoms with Gasteiger partial charge in [0.2, 0.25) is 5.95 Å². The Labute approximate surface area is 196 Å². The number of piperidine rings is 1. The van der Waals surface area contributed by atoms with Crippen molar-refractivity contribution in [1.82, 2.24) is 9.55 Å². The summed E-state index contributed by atoms with van der Waals surface area (Å²) in [7, 11) is 1.79. The second-order valence-corrected chi connectivity index (χ2v) is 10.4. The molecule has 0 unspecified atom stereocenters. The van der Waals surface area contributed by atoms with Gasteiger partial charge < -0.3 is 21.1 Å². The normalized spacial score (nSPS) is 25.6. The quantitative estimate of drug-likeness (QED) is 0.742. The van der Waals surface area contributed by atoms with Crippen LogP contribution in [0.4, 0.5) is 11.8 Å². The second-order valence-electron chi connectivity index (χ2n) is 10.4. The second kappa shape index (κ2) is 8.76. The first-order chi connectivity index (χ1) is 15.9. The highest BCUT2D eigenvalue weighted by atomic mass is 16.5. The van der Waals surface area contributed by atoms with Crippen molar-refractivity contribution in [1.29, 1.82) is 0 Å². The molecule has 4 N–H and O–H groups in total. The summed E-state index contributed by atoms with van der Waals surface area (Å²) in [6, 6.07) is 8.45. The molecule has 1 spiro atoms. The summed E-state index contributed by atoms with van der Waals surface area (Å²) in [6.45, 7) is 4.35. The summed E-state index contributed by atoms with van der Waals surface area (Å²) in [5, 5.41) is 0. The van der Waals surface area contributed by atoms with E-state index in [0.717, 1.165) is 31.5 Å². The smallest absolute Gasteiger partial charge is 0.264 e. The van der Waals surface area contributed by atoms with Crippen LogP contribution >= 0.6 is 0 Å². The number of rotatable bonds is 3. The van der Waals surface area contributed by atoms with Crippen LogP contribution in [0.25, 0.3) is 11.1 Å². The van der Waals surface area contributed by atoms with Crippen LogP contribution in [0.2, 0.25) is 0 Å². The van der Waals surface area contributed by atoms with Crippen molar-refractivity contribution in [3.63, 3.8) is 0 Å². The van der Waals surface area contributed by atoms with Gasteiger partial charge in [0.05, 0.1) is 18.3 Å². The lowest BCUT2D eigenvalue weighted by molar-refractivity contribution is 0.0973. The Morgan fingerprint density at radius 2 is 1.76 bits per heavy atom. The van der Waals surface area contributed by atoms with E-state index in [4.69, 9.17) is 21.2 Å². The fourth-order valence-corrected chi connectivity index (χ4v) is 6.14. The standard InChI is InChI=1S/C26H37N5O2/c1-17-22(27)26(16-33-17)12-14-31(15-13-26)25-29-23(28)21(24(32)30(25)2)20-10-8-19(9-11-20)18-6-4-3-5-7-18/h8-11,17-18,22H,3-7,12-16,27-28H2,1-2H3/t17-,22+/m0/s1. The van der Waals surface area contributed by atoms with Gasteiger partial charge in [0.15, 0.2) is 0 Å². The SMILES string of the molecule is C[C@@H]1OCC2(CCN(c3nc(N)c(-c4ccc(C5CCCCC5)cc4)c(=O)n3C)CC2)[C@@H]1N. The zero-order valence-electron chi connectivity index (χ0n) is 19.9. The largest absolute Gasteiger partial charge is 0.383 e. The zero-order valence-corrected chi connectivity index (χ0v) is 19.9. The molecule has 33 heavy (non-hydrogen) atoms. The molecule has 1 aromatic carbocycles. The van der Waals surface area contributed by atoms with Crippen LogP contribution in [0.1, 0.15) is 63.4 Å². The maximum absolute atomic E-state index is 13.4. The minimum Gasteiger partial charge on any atom is -0.383 e. The molecule has 1 aliphatic carbocycles. The molecule has 0 radical (unpaired) electrons. The van der Waals surface area contributed by atoms with Gasteiger partial charge in [0.25, 0.3) is 5.56 Å². The number of hydrogen-bond donors (Lipinski definition) is 2. The average Bonchev–Trinajstić information content (AvgIpc) is 3.11. The third-order valence-corrected chi connectivity index (χ3v) is 8.46. The van der Waals surface area contributed by atoms with Gasteiger partial charge in [-0.2, -0.15) is 4.98 Å². The van der Waals surface area contributed by atoms with Gasteiger partial charge in [-0.3, -0.25) is 9.36 Å². The topological polar surface area (TPSA) is 99.4 Å². The zero-order chi connectivity index (χ0) is 23.2. The van der Waals surface area contributed by atoms with Gasteiger partial charge in [-0.15, -0.1) is 0 Å². The summed E-state index contributed by atoms with van der Waals surface area (Å²) in [4.78, 5) is 20.2.